The molecule has 0 saturated carbocycles. The van der Waals surface area contributed by atoms with Crippen molar-refractivity contribution in [2.45, 2.75) is 63.2 Å². The van der Waals surface area contributed by atoms with Gasteiger partial charge in [-0.1, -0.05) is 6.07 Å². The number of piperidine rings is 1. The van der Waals surface area contributed by atoms with Gasteiger partial charge in [0.1, 0.15) is 16.5 Å². The van der Waals surface area contributed by atoms with Crippen LogP contribution in [0.5, 0.6) is 0 Å². The van der Waals surface area contributed by atoms with E-state index in [9.17, 15) is 9.81 Å². The molecule has 0 radical (unpaired) electrons. The highest BCUT2D eigenvalue weighted by Gasteiger charge is 2.52. The van der Waals surface area contributed by atoms with Crippen molar-refractivity contribution in [3.8, 4) is 6.07 Å². The first-order chi connectivity index (χ1) is 14.2. The van der Waals surface area contributed by atoms with E-state index in [2.05, 4.69) is 31.7 Å². The molecule has 1 aliphatic carbocycles. The number of aryl methyl sites for hydroxylation is 1. The first kappa shape index (κ1) is 21.0. The van der Waals surface area contributed by atoms with Crippen LogP contribution in [0.25, 0.3) is 0 Å². The average Bonchev–Trinajstić information content (AvgIpc) is 3.00. The third-order valence-electron chi connectivity index (χ3n) is 6.15. The number of nitrogens with zero attached hydrogens (tertiary/aromatic N) is 5. The van der Waals surface area contributed by atoms with Crippen LogP contribution in [-0.2, 0) is 23.2 Å². The van der Waals surface area contributed by atoms with E-state index in [-0.39, 0.29) is 16.2 Å². The molecule has 7 nitrogen and oxygen atoms in total. The van der Waals surface area contributed by atoms with Crippen LogP contribution in [0.2, 0.25) is 0 Å². The Morgan fingerprint density at radius 2 is 2.03 bits per heavy atom. The predicted molar refractivity (Wildman–Crippen MR) is 117 cm³/mol. The molecule has 1 fully saturated rings. The van der Waals surface area contributed by atoms with E-state index in [0.717, 1.165) is 43.7 Å². The van der Waals surface area contributed by atoms with E-state index >= 15 is 0 Å². The number of nitrogens with one attached hydrogen (secondary N) is 1. The Labute approximate surface area is 181 Å². The number of fused-ring (bicyclic) bond motifs is 2. The largest absolute Gasteiger partial charge is 0.598 e. The number of aromatic nitrogens is 3. The molecule has 1 saturated heterocycles. The normalized spacial score (nSPS) is 21.3. The molecule has 0 aromatic carbocycles. The lowest BCUT2D eigenvalue weighted by molar-refractivity contribution is 0.270. The minimum absolute atomic E-state index is 0.0812. The zero-order chi connectivity index (χ0) is 21.5. The van der Waals surface area contributed by atoms with Crippen LogP contribution in [0.4, 0.5) is 5.95 Å². The SMILES string of the molecule is Cc1cc(C#N)nc(N2CCC3(CC2)c2ncccc2C[C@H]3N[S+]([O-])C(C)(C)C)n1. The van der Waals surface area contributed by atoms with E-state index < -0.39 is 11.4 Å². The van der Waals surface area contributed by atoms with Gasteiger partial charge in [0.15, 0.2) is 0 Å². The van der Waals surface area contributed by atoms with Gasteiger partial charge in [-0.2, -0.15) is 5.26 Å². The summed E-state index contributed by atoms with van der Waals surface area (Å²) in [6.45, 7) is 9.40. The highest BCUT2D eigenvalue weighted by molar-refractivity contribution is 7.90. The summed E-state index contributed by atoms with van der Waals surface area (Å²) >= 11 is -1.15. The summed E-state index contributed by atoms with van der Waals surface area (Å²) in [6, 6.07) is 8.02. The van der Waals surface area contributed by atoms with Crippen molar-refractivity contribution >= 4 is 17.3 Å². The fourth-order valence-electron chi connectivity index (χ4n) is 4.53. The second-order valence-corrected chi connectivity index (χ2v) is 11.2. The molecule has 0 bridgehead atoms. The molecule has 2 aromatic rings. The van der Waals surface area contributed by atoms with Gasteiger partial charge in [0.2, 0.25) is 5.95 Å². The maximum absolute atomic E-state index is 12.9. The van der Waals surface area contributed by atoms with Gasteiger partial charge in [-0.15, -0.1) is 4.72 Å². The Balaban J connectivity index is 1.60. The van der Waals surface area contributed by atoms with Crippen molar-refractivity contribution in [3.05, 3.63) is 47.0 Å². The van der Waals surface area contributed by atoms with E-state index in [4.69, 9.17) is 4.98 Å². The van der Waals surface area contributed by atoms with Crippen LogP contribution in [-0.4, -0.2) is 43.4 Å². The molecular formula is C22H28N6OS. The topological polar surface area (TPSA) is 101 Å². The molecule has 30 heavy (non-hydrogen) atoms. The van der Waals surface area contributed by atoms with Gasteiger partial charge in [0.25, 0.3) is 0 Å². The van der Waals surface area contributed by atoms with Crippen LogP contribution < -0.4 is 9.62 Å². The highest BCUT2D eigenvalue weighted by atomic mass is 32.2. The standard InChI is InChI=1S/C22H28N6OS/c1-15-12-17(14-23)26-20(25-15)28-10-7-22(8-11-28)18(27-30(29)21(2,3)4)13-16-6-5-9-24-19(16)22/h5-6,9,12,18,27H,7-8,10-11,13H2,1-4H3/t18-,30?/m1/s1. The molecule has 1 spiro atoms. The first-order valence-corrected chi connectivity index (χ1v) is 11.5. The van der Waals surface area contributed by atoms with E-state index in [1.54, 1.807) is 6.07 Å². The number of hydrogen-bond donors (Lipinski definition) is 1. The number of pyridine rings is 1. The molecule has 158 valence electrons. The zero-order valence-electron chi connectivity index (χ0n) is 18.0. The highest BCUT2D eigenvalue weighted by Crippen LogP contribution is 2.46. The van der Waals surface area contributed by atoms with Gasteiger partial charge in [0.05, 0.1) is 11.7 Å². The van der Waals surface area contributed by atoms with Gasteiger partial charge in [0, 0.05) is 41.8 Å². The van der Waals surface area contributed by atoms with E-state index in [1.807, 2.05) is 40.0 Å². The Bertz CT molecular complexity index is 974. The summed E-state index contributed by atoms with van der Waals surface area (Å²) in [7, 11) is 0. The molecular weight excluding hydrogens is 396 g/mol. The van der Waals surface area contributed by atoms with Crippen LogP contribution in [0, 0.1) is 18.3 Å². The molecule has 2 atom stereocenters. The van der Waals surface area contributed by atoms with Crippen LogP contribution in [0.3, 0.4) is 0 Å². The third-order valence-corrected chi connectivity index (χ3v) is 7.77. The lowest BCUT2D eigenvalue weighted by Gasteiger charge is -2.43. The number of rotatable bonds is 3. The number of hydrogen-bond acceptors (Lipinski definition) is 7. The summed E-state index contributed by atoms with van der Waals surface area (Å²) in [5.41, 5.74) is 3.41. The second kappa shape index (κ2) is 7.80. The van der Waals surface area contributed by atoms with Crippen molar-refractivity contribution < 1.29 is 4.55 Å². The summed E-state index contributed by atoms with van der Waals surface area (Å²) < 4.78 is 16.0. The quantitative estimate of drug-likeness (QED) is 0.756. The zero-order valence-corrected chi connectivity index (χ0v) is 18.8. The van der Waals surface area contributed by atoms with Crippen LogP contribution in [0.15, 0.2) is 24.4 Å². The summed E-state index contributed by atoms with van der Waals surface area (Å²) in [6.07, 6.45) is 4.44. The maximum Gasteiger partial charge on any atom is 0.226 e. The average molecular weight is 425 g/mol. The second-order valence-electron chi connectivity index (χ2n) is 9.22. The Hall–Kier alpha value is -2.21. The third kappa shape index (κ3) is 3.78. The fourth-order valence-corrected chi connectivity index (χ4v) is 5.46. The fraction of sp³-hybridized carbons (Fsp3) is 0.545. The molecule has 2 aliphatic rings. The lowest BCUT2D eigenvalue weighted by Crippen LogP contribution is -2.56. The molecule has 4 rings (SSSR count). The van der Waals surface area contributed by atoms with Crippen molar-refractivity contribution in [1.29, 1.82) is 5.26 Å². The van der Waals surface area contributed by atoms with Crippen LogP contribution >= 0.6 is 0 Å². The predicted octanol–water partition coefficient (Wildman–Crippen LogP) is 2.57. The van der Waals surface area contributed by atoms with Gasteiger partial charge < -0.3 is 9.45 Å². The molecule has 1 unspecified atom stereocenters. The van der Waals surface area contributed by atoms with Gasteiger partial charge >= 0.3 is 0 Å². The molecule has 1 aliphatic heterocycles. The van der Waals surface area contributed by atoms with Crippen LogP contribution in [0.1, 0.15) is 56.3 Å². The maximum atomic E-state index is 12.9. The number of nitriles is 1. The summed E-state index contributed by atoms with van der Waals surface area (Å²) in [5, 5.41) is 9.24. The van der Waals surface area contributed by atoms with Crippen molar-refractivity contribution in [3.63, 3.8) is 0 Å². The van der Waals surface area contributed by atoms with Crippen molar-refractivity contribution in [2.75, 3.05) is 18.0 Å². The summed E-state index contributed by atoms with van der Waals surface area (Å²) in [5.74, 6) is 0.614. The summed E-state index contributed by atoms with van der Waals surface area (Å²) in [4.78, 5) is 15.9. The van der Waals surface area contributed by atoms with Gasteiger partial charge in [-0.25, -0.2) is 9.97 Å². The number of anilines is 1. The molecule has 3 heterocycles. The Morgan fingerprint density at radius 3 is 2.70 bits per heavy atom. The minimum Gasteiger partial charge on any atom is -0.598 e. The van der Waals surface area contributed by atoms with Crippen molar-refractivity contribution in [1.82, 2.24) is 19.7 Å². The van der Waals surface area contributed by atoms with Gasteiger partial charge in [-0.3, -0.25) is 4.98 Å². The monoisotopic (exact) mass is 424 g/mol. The minimum atomic E-state index is -1.15. The molecule has 0 amide bonds. The molecule has 2 aromatic heterocycles. The van der Waals surface area contributed by atoms with Crippen molar-refractivity contribution in [2.24, 2.45) is 0 Å². The van der Waals surface area contributed by atoms with Gasteiger partial charge in [-0.05, 0) is 64.7 Å². The molecule has 8 heteroatoms. The smallest absolute Gasteiger partial charge is 0.226 e. The van der Waals surface area contributed by atoms with E-state index in [0.29, 0.717) is 11.6 Å². The first-order valence-electron chi connectivity index (χ1n) is 10.4. The molecule has 1 N–H and O–H groups in total. The Kier molecular flexibility index (Phi) is 5.47. The van der Waals surface area contributed by atoms with E-state index in [1.165, 1.54) is 5.56 Å². The lowest BCUT2D eigenvalue weighted by atomic mass is 9.73. The Morgan fingerprint density at radius 1 is 1.30 bits per heavy atom.